The minimum absolute atomic E-state index is 0.120. The van der Waals surface area contributed by atoms with Crippen LogP contribution in [-0.4, -0.2) is 180 Å². The van der Waals surface area contributed by atoms with Crippen LogP contribution in [0.25, 0.3) is 11.3 Å². The second-order valence-electron chi connectivity index (χ2n) is 28.5. The third kappa shape index (κ3) is 28.9. The van der Waals surface area contributed by atoms with E-state index in [0.29, 0.717) is 64.3 Å². The van der Waals surface area contributed by atoms with Crippen molar-refractivity contribution in [1.82, 2.24) is 67.1 Å². The minimum Gasteiger partial charge on any atom is -0.453 e. The van der Waals surface area contributed by atoms with Gasteiger partial charge in [0.25, 0.3) is 5.91 Å². The Kier molecular flexibility index (Phi) is 33.1. The average Bonchev–Trinajstić information content (AvgIpc) is 1.28. The van der Waals surface area contributed by atoms with Gasteiger partial charge in [-0.1, -0.05) is 177 Å². The van der Waals surface area contributed by atoms with Crippen molar-refractivity contribution in [3.05, 3.63) is 195 Å². The molecule has 1 aliphatic rings. The summed E-state index contributed by atoms with van der Waals surface area (Å²) in [6.45, 7) is 19.1. The molecule has 0 saturated carbocycles. The molecule has 4 aromatic carbocycles. The van der Waals surface area contributed by atoms with Crippen LogP contribution in [0.3, 0.4) is 0 Å². The normalized spacial score (nSPS) is 14.5. The lowest BCUT2D eigenvalue weighted by molar-refractivity contribution is -0.132. The van der Waals surface area contributed by atoms with E-state index in [2.05, 4.69) is 71.0 Å². The number of amides is 8. The maximum Gasteiger partial charge on any atom is 0.407 e. The number of rotatable bonds is 33. The highest BCUT2D eigenvalue weighted by atomic mass is 32.1. The van der Waals surface area contributed by atoms with E-state index in [9.17, 15) is 38.7 Å². The van der Waals surface area contributed by atoms with Gasteiger partial charge in [-0.3, -0.25) is 34.7 Å². The van der Waals surface area contributed by atoms with Crippen LogP contribution in [0, 0.1) is 10.8 Å². The van der Waals surface area contributed by atoms with Gasteiger partial charge in [0.15, 0.2) is 0 Å². The van der Waals surface area contributed by atoms with E-state index < -0.39 is 71.2 Å². The van der Waals surface area contributed by atoms with Crippen LogP contribution in [0.1, 0.15) is 118 Å². The number of aliphatic hydroxyl groups is 1. The zero-order valence-electron chi connectivity index (χ0n) is 62.2. The number of carbonyl (C=O) groups is 7. The number of urea groups is 1. The first-order valence-corrected chi connectivity index (χ1v) is 37.2. The molecule has 105 heavy (non-hydrogen) atoms. The highest BCUT2D eigenvalue weighted by Gasteiger charge is 2.38. The summed E-state index contributed by atoms with van der Waals surface area (Å²) in [4.78, 5) is 111. The summed E-state index contributed by atoms with van der Waals surface area (Å²) in [5.74, 6) is -0.960. The second-order valence-corrected chi connectivity index (χ2v) is 30.4. The number of hydrazine groups is 1. The lowest BCUT2D eigenvalue weighted by atomic mass is 9.85. The number of aromatic nitrogens is 3. The van der Waals surface area contributed by atoms with Crippen LogP contribution in [0.15, 0.2) is 157 Å². The Bertz CT molecular complexity index is 3770. The van der Waals surface area contributed by atoms with Gasteiger partial charge in [-0.2, -0.15) is 0 Å². The van der Waals surface area contributed by atoms with Crippen LogP contribution in [0.4, 0.5) is 19.2 Å². The molecule has 8 rings (SSSR count). The molecule has 566 valence electrons. The fraction of sp³-hybridized carbons (Fsp3) is 0.462. The zero-order chi connectivity index (χ0) is 75.9. The standard InChI is InChI=1S/C40H53N7O5S2.C38H52N6O7/c1-29(2)38-43-34(27-53-38)25-46(3)39(49)45-36(16-17-47-18-20-51-21-19-47)37(48)42-32(22-30-10-6-4-7-11-30)14-15-33(23-31-12-8-5-9-13-31)44-40(50)52-26-35-24-41-28-54-35;1-37(2,3)31(41-35(48)50-7)33(46)40-29(22-25-14-10-9-11-15-25)30(45)24-44(43-34(47)32(38(4,5)6)42-36(49)51-8)23-26-17-19-27(20-18-26)28-16-12-13-21-39-28/h4-13,24,27-29,32-33,36H,14-23,25-26H2,1-3H3,(H,42,48)(H,44,50)(H,45,49);9-21,29-32,45H,22-24H2,1-8H3,(H,40,46)(H,41,48)(H,42,49)(H,43,47)/t32-,33-,36+;29-,30-,31+,32+/m10/s1. The number of pyridine rings is 1. The van der Waals surface area contributed by atoms with E-state index in [1.807, 2.05) is 160 Å². The van der Waals surface area contributed by atoms with Crippen molar-refractivity contribution in [1.29, 1.82) is 0 Å². The molecular weight excluding hydrogens is 1380 g/mol. The topological polar surface area (TPSA) is 309 Å². The summed E-state index contributed by atoms with van der Waals surface area (Å²) in [5, 5.41) is 34.0. The van der Waals surface area contributed by atoms with Crippen molar-refractivity contribution >= 4 is 64.7 Å². The van der Waals surface area contributed by atoms with Gasteiger partial charge in [-0.25, -0.2) is 29.2 Å². The van der Waals surface area contributed by atoms with Gasteiger partial charge in [0.2, 0.25) is 11.8 Å². The molecule has 8 amide bonds. The number of ether oxygens (including phenoxy) is 4. The second kappa shape index (κ2) is 41.9. The highest BCUT2D eigenvalue weighted by Crippen LogP contribution is 2.25. The molecule has 25 nitrogen and oxygen atoms in total. The summed E-state index contributed by atoms with van der Waals surface area (Å²) >= 11 is 3.02. The molecule has 27 heteroatoms. The fourth-order valence-electron chi connectivity index (χ4n) is 11.6. The number of hydrogen-bond acceptors (Lipinski definition) is 19. The molecule has 4 heterocycles. The number of nitrogens with zero attached hydrogens (tertiary/aromatic N) is 6. The number of benzene rings is 4. The smallest absolute Gasteiger partial charge is 0.407 e. The van der Waals surface area contributed by atoms with Crippen LogP contribution >= 0.6 is 22.7 Å². The third-order valence-electron chi connectivity index (χ3n) is 17.5. The summed E-state index contributed by atoms with van der Waals surface area (Å²) in [5.41, 5.74) is 9.57. The molecule has 8 N–H and O–H groups in total. The predicted molar refractivity (Wildman–Crippen MR) is 406 cm³/mol. The van der Waals surface area contributed by atoms with Gasteiger partial charge in [0, 0.05) is 81.1 Å². The summed E-state index contributed by atoms with van der Waals surface area (Å²) in [6, 6.07) is 38.3. The van der Waals surface area contributed by atoms with Crippen molar-refractivity contribution < 1.29 is 57.6 Å². The molecule has 0 unspecified atom stereocenters. The Labute approximate surface area is 625 Å². The molecule has 7 atom stereocenters. The monoisotopic (exact) mass is 1480 g/mol. The van der Waals surface area contributed by atoms with E-state index in [1.165, 1.54) is 25.6 Å². The lowest BCUT2D eigenvalue weighted by Gasteiger charge is -2.35. The van der Waals surface area contributed by atoms with Gasteiger partial charge in [-0.15, -0.1) is 22.7 Å². The Morgan fingerprint density at radius 3 is 1.70 bits per heavy atom. The molecule has 7 aromatic rings. The van der Waals surface area contributed by atoms with E-state index >= 15 is 0 Å². The highest BCUT2D eigenvalue weighted by molar-refractivity contribution is 7.09. The quantitative estimate of drug-likeness (QED) is 0.0140. The SMILES string of the molecule is CC(C)c1nc(CN(C)C(=O)N[C@@H](CCN2CCOCC2)C(=O)N[C@H](CC[C@H](Cc2ccccc2)NC(=O)OCc2cncs2)Cc2ccccc2)cs1.COC(=O)N[C@H](C(=O)N[C@@H](Cc1ccccc1)[C@@H](O)CN(Cc1ccc(-c2ccccn2)cc1)NC(=O)[C@@H](NC(=O)OC)C(C)(C)C)C(C)(C)C. The number of carbonyl (C=O) groups excluding carboxylic acids is 7. The minimum atomic E-state index is -1.22. The van der Waals surface area contributed by atoms with Gasteiger partial charge in [-0.05, 0) is 83.7 Å². The average molecular weight is 1480 g/mol. The molecule has 0 spiro atoms. The van der Waals surface area contributed by atoms with E-state index in [1.54, 1.807) is 67.0 Å². The van der Waals surface area contributed by atoms with E-state index in [4.69, 9.17) is 18.9 Å². The van der Waals surface area contributed by atoms with Crippen LogP contribution in [0.5, 0.6) is 0 Å². The maximum absolute atomic E-state index is 14.2. The lowest BCUT2D eigenvalue weighted by Crippen LogP contribution is -2.60. The largest absolute Gasteiger partial charge is 0.453 e. The first-order chi connectivity index (χ1) is 50.2. The van der Waals surface area contributed by atoms with Crippen molar-refractivity contribution in [2.45, 2.75) is 162 Å². The first kappa shape index (κ1) is 82.9. The van der Waals surface area contributed by atoms with Gasteiger partial charge >= 0.3 is 24.3 Å². The number of nitrogens with one attached hydrogen (secondary N) is 7. The summed E-state index contributed by atoms with van der Waals surface area (Å²) in [6.07, 6.45) is 3.22. The number of morpholine rings is 1. The predicted octanol–water partition coefficient (Wildman–Crippen LogP) is 10.2. The molecule has 1 aliphatic heterocycles. The summed E-state index contributed by atoms with van der Waals surface area (Å²) in [7, 11) is 4.16. The molecule has 1 saturated heterocycles. The van der Waals surface area contributed by atoms with Crippen LogP contribution in [0.2, 0.25) is 0 Å². The first-order valence-electron chi connectivity index (χ1n) is 35.4. The van der Waals surface area contributed by atoms with Gasteiger partial charge in [0.1, 0.15) is 24.7 Å². The Balaban J connectivity index is 0.000000294. The molecule has 1 fully saturated rings. The Morgan fingerprint density at radius 2 is 1.18 bits per heavy atom. The number of hydrogen-bond donors (Lipinski definition) is 8. The number of thiazole rings is 2. The zero-order valence-corrected chi connectivity index (χ0v) is 63.8. The van der Waals surface area contributed by atoms with Crippen molar-refractivity contribution in [3.8, 4) is 11.3 Å². The van der Waals surface area contributed by atoms with Crippen molar-refractivity contribution in [2.75, 3.05) is 60.7 Å². The van der Waals surface area contributed by atoms with Gasteiger partial charge < -0.3 is 60.9 Å². The van der Waals surface area contributed by atoms with Crippen LogP contribution < -0.4 is 37.3 Å². The molecule has 0 aliphatic carbocycles. The van der Waals surface area contributed by atoms with E-state index in [-0.39, 0.29) is 50.1 Å². The summed E-state index contributed by atoms with van der Waals surface area (Å²) < 4.78 is 20.6. The number of alkyl carbamates (subject to hydrolysis) is 3. The molecule has 0 bridgehead atoms. The molecule has 0 radical (unpaired) electrons. The number of methoxy groups -OCH3 is 2. The Hall–Kier alpha value is -9.38. The number of aliphatic hydroxyl groups excluding tert-OH is 1. The Morgan fingerprint density at radius 1 is 0.619 bits per heavy atom. The fourth-order valence-corrected chi connectivity index (χ4v) is 13.0. The maximum atomic E-state index is 14.2. The van der Waals surface area contributed by atoms with Crippen molar-refractivity contribution in [2.24, 2.45) is 10.8 Å². The van der Waals surface area contributed by atoms with Crippen LogP contribution in [-0.2, 0) is 72.3 Å². The van der Waals surface area contributed by atoms with E-state index in [0.717, 1.165) is 62.2 Å². The van der Waals surface area contributed by atoms with Gasteiger partial charge in [0.05, 0.1) is 72.9 Å². The van der Waals surface area contributed by atoms with Crippen molar-refractivity contribution in [3.63, 3.8) is 0 Å². The molecular formula is C78H105N13O12S2. The molecule has 3 aromatic heterocycles. The third-order valence-corrected chi connectivity index (χ3v) is 19.4.